The lowest BCUT2D eigenvalue weighted by Crippen LogP contribution is -2.32. The molecule has 156 valence electrons. The number of imide groups is 1. The molecule has 11 heteroatoms. The average Bonchev–Trinajstić information content (AvgIpc) is 3.28. The molecule has 3 aromatic rings. The van der Waals surface area contributed by atoms with E-state index in [1.54, 1.807) is 24.3 Å². The minimum atomic E-state index is -0.927. The average molecular weight is 422 g/mol. The third kappa shape index (κ3) is 3.27. The molecule has 2 heterocycles. The number of fused-ring (bicyclic) bond motifs is 2. The van der Waals surface area contributed by atoms with Gasteiger partial charge in [-0.25, -0.2) is 9.78 Å². The maximum Gasteiger partial charge on any atom is 0.345 e. The standard InChI is InChI=1S/C20H14N4O7/c1-31-20(28)16(17-21-13-4-2-3-5-14(13)22-17)15(25)9-23-18(26)11-7-6-10(24(29)30)8-12(11)19(23)27/h2-8,25H,9H2,1H3,(H,21,22)/b16-15+. The summed E-state index contributed by atoms with van der Waals surface area (Å²) < 4.78 is 4.73. The zero-order valence-electron chi connectivity index (χ0n) is 16.0. The Morgan fingerprint density at radius 1 is 1.19 bits per heavy atom. The van der Waals surface area contributed by atoms with Crippen molar-refractivity contribution in [2.45, 2.75) is 0 Å². The van der Waals surface area contributed by atoms with E-state index in [1.165, 1.54) is 6.07 Å². The Bertz CT molecular complexity index is 1270. The highest BCUT2D eigenvalue weighted by atomic mass is 16.6. The van der Waals surface area contributed by atoms with E-state index in [0.29, 0.717) is 15.9 Å². The summed E-state index contributed by atoms with van der Waals surface area (Å²) in [7, 11) is 1.11. The van der Waals surface area contributed by atoms with E-state index in [0.717, 1.165) is 19.2 Å². The lowest BCUT2D eigenvalue weighted by Gasteiger charge is -2.15. The highest BCUT2D eigenvalue weighted by Gasteiger charge is 2.38. The molecule has 31 heavy (non-hydrogen) atoms. The molecule has 0 bridgehead atoms. The van der Waals surface area contributed by atoms with Crippen LogP contribution in [0.1, 0.15) is 26.5 Å². The van der Waals surface area contributed by atoms with Gasteiger partial charge in [0, 0.05) is 12.1 Å². The molecule has 0 atom stereocenters. The number of imidazole rings is 1. The number of benzene rings is 2. The van der Waals surface area contributed by atoms with Crippen molar-refractivity contribution in [1.82, 2.24) is 14.9 Å². The summed E-state index contributed by atoms with van der Waals surface area (Å²) in [6, 6.07) is 10.2. The predicted molar refractivity (Wildman–Crippen MR) is 106 cm³/mol. The summed E-state index contributed by atoms with van der Waals surface area (Å²) >= 11 is 0. The van der Waals surface area contributed by atoms with Gasteiger partial charge in [-0.05, 0) is 18.2 Å². The second kappa shape index (κ2) is 7.37. The van der Waals surface area contributed by atoms with Crippen molar-refractivity contribution in [2.24, 2.45) is 0 Å². The van der Waals surface area contributed by atoms with E-state index in [4.69, 9.17) is 4.74 Å². The lowest BCUT2D eigenvalue weighted by molar-refractivity contribution is -0.384. The van der Waals surface area contributed by atoms with Crippen molar-refractivity contribution in [3.8, 4) is 0 Å². The van der Waals surface area contributed by atoms with Crippen molar-refractivity contribution in [3.63, 3.8) is 0 Å². The molecular formula is C20H14N4O7. The summed E-state index contributed by atoms with van der Waals surface area (Å²) in [5.41, 5.74) is 0.238. The number of aliphatic hydroxyl groups is 1. The number of hydrogen-bond donors (Lipinski definition) is 2. The number of aromatic amines is 1. The van der Waals surface area contributed by atoms with Crippen LogP contribution in [0.15, 0.2) is 48.2 Å². The molecule has 2 aromatic carbocycles. The molecule has 0 saturated carbocycles. The summed E-state index contributed by atoms with van der Waals surface area (Å²) in [6.45, 7) is -0.651. The van der Waals surface area contributed by atoms with Gasteiger partial charge >= 0.3 is 5.97 Å². The maximum atomic E-state index is 12.7. The lowest BCUT2D eigenvalue weighted by atomic mass is 10.1. The molecule has 1 aliphatic rings. The predicted octanol–water partition coefficient (Wildman–Crippen LogP) is 2.21. The van der Waals surface area contributed by atoms with Crippen molar-refractivity contribution in [1.29, 1.82) is 0 Å². The molecular weight excluding hydrogens is 408 g/mol. The fraction of sp³-hybridized carbons (Fsp3) is 0.100. The SMILES string of the molecule is COC(=O)/C(=C(/O)CN1C(=O)c2ccc([N+](=O)[O-])cc2C1=O)c1nc2ccccc2[nH]1. The number of non-ortho nitro benzene ring substituents is 1. The molecule has 0 aliphatic carbocycles. The number of esters is 1. The van der Waals surface area contributed by atoms with Crippen molar-refractivity contribution >= 4 is 40.1 Å². The maximum absolute atomic E-state index is 12.7. The summed E-state index contributed by atoms with van der Waals surface area (Å²) in [5.74, 6) is -3.14. The van der Waals surface area contributed by atoms with Crippen LogP contribution in [0.3, 0.4) is 0 Å². The highest BCUT2D eigenvalue weighted by molar-refractivity contribution is 6.22. The minimum Gasteiger partial charge on any atom is -0.509 e. The van der Waals surface area contributed by atoms with Crippen molar-refractivity contribution < 1.29 is 29.2 Å². The van der Waals surface area contributed by atoms with Gasteiger partial charge in [0.1, 0.15) is 17.2 Å². The zero-order valence-corrected chi connectivity index (χ0v) is 16.0. The van der Waals surface area contributed by atoms with Gasteiger partial charge in [-0.3, -0.25) is 24.6 Å². The summed E-state index contributed by atoms with van der Waals surface area (Å²) in [5, 5.41) is 21.6. The molecule has 2 N–H and O–H groups in total. The van der Waals surface area contributed by atoms with Crippen LogP contribution in [0, 0.1) is 10.1 Å². The van der Waals surface area contributed by atoms with E-state index in [2.05, 4.69) is 9.97 Å². The number of aliphatic hydroxyl groups excluding tert-OH is 1. The van der Waals surface area contributed by atoms with Crippen LogP contribution < -0.4 is 0 Å². The minimum absolute atomic E-state index is 0.00204. The third-order valence-corrected chi connectivity index (χ3v) is 4.78. The molecule has 1 aromatic heterocycles. The molecule has 0 unspecified atom stereocenters. The molecule has 0 radical (unpaired) electrons. The molecule has 0 fully saturated rings. The number of nitrogens with zero attached hydrogens (tertiary/aromatic N) is 3. The Labute approximate surface area is 173 Å². The fourth-order valence-electron chi connectivity index (χ4n) is 3.29. The number of rotatable bonds is 5. The summed E-state index contributed by atoms with van der Waals surface area (Å²) in [4.78, 5) is 55.7. The van der Waals surface area contributed by atoms with Crippen LogP contribution in [0.25, 0.3) is 16.6 Å². The van der Waals surface area contributed by atoms with Crippen molar-refractivity contribution in [3.05, 3.63) is 75.3 Å². The highest BCUT2D eigenvalue weighted by Crippen LogP contribution is 2.28. The van der Waals surface area contributed by atoms with Gasteiger partial charge in [0.15, 0.2) is 0 Å². The van der Waals surface area contributed by atoms with Crippen LogP contribution in [0.2, 0.25) is 0 Å². The van der Waals surface area contributed by atoms with E-state index >= 15 is 0 Å². The summed E-state index contributed by atoms with van der Waals surface area (Å²) in [6.07, 6.45) is 0. The van der Waals surface area contributed by atoms with Crippen LogP contribution in [-0.4, -0.2) is 56.3 Å². The number of ether oxygens (including phenoxy) is 1. The largest absolute Gasteiger partial charge is 0.509 e. The monoisotopic (exact) mass is 422 g/mol. The van der Waals surface area contributed by atoms with Gasteiger partial charge in [-0.1, -0.05) is 12.1 Å². The number of nitro groups is 1. The van der Waals surface area contributed by atoms with Crippen LogP contribution in [0.5, 0.6) is 0 Å². The van der Waals surface area contributed by atoms with Crippen molar-refractivity contribution in [2.75, 3.05) is 13.7 Å². The number of amides is 2. The van der Waals surface area contributed by atoms with E-state index in [1.807, 2.05) is 0 Å². The Kier molecular flexibility index (Phi) is 4.70. The normalized spacial score (nSPS) is 13.9. The number of methoxy groups -OCH3 is 1. The number of hydrogen-bond acceptors (Lipinski definition) is 8. The van der Waals surface area contributed by atoms with Crippen LogP contribution in [0.4, 0.5) is 5.69 Å². The molecule has 0 saturated heterocycles. The van der Waals surface area contributed by atoms with Gasteiger partial charge in [0.2, 0.25) is 0 Å². The topological polar surface area (TPSA) is 156 Å². The number of aromatic nitrogens is 2. The first-order valence-electron chi connectivity index (χ1n) is 8.92. The molecule has 4 rings (SSSR count). The number of carbonyl (C=O) groups is 3. The first-order valence-corrected chi connectivity index (χ1v) is 8.92. The van der Waals surface area contributed by atoms with Crippen LogP contribution >= 0.6 is 0 Å². The Morgan fingerprint density at radius 2 is 1.90 bits per heavy atom. The molecule has 11 nitrogen and oxygen atoms in total. The smallest absolute Gasteiger partial charge is 0.345 e. The Hall–Kier alpha value is -4.54. The molecule has 2 amide bonds. The first kappa shape index (κ1) is 19.8. The number of H-pyrrole nitrogens is 1. The number of para-hydroxylation sites is 2. The van der Waals surface area contributed by atoms with E-state index < -0.39 is 35.0 Å². The number of carbonyl (C=O) groups excluding carboxylic acids is 3. The van der Waals surface area contributed by atoms with Gasteiger partial charge in [-0.2, -0.15) is 0 Å². The number of nitrogens with one attached hydrogen (secondary N) is 1. The number of nitro benzene ring substituents is 1. The van der Waals surface area contributed by atoms with E-state index in [-0.39, 0.29) is 28.2 Å². The first-order chi connectivity index (χ1) is 14.8. The van der Waals surface area contributed by atoms with Gasteiger partial charge < -0.3 is 14.8 Å². The quantitative estimate of drug-likeness (QED) is 0.158. The molecule has 1 aliphatic heterocycles. The van der Waals surface area contributed by atoms with Gasteiger partial charge in [-0.15, -0.1) is 0 Å². The van der Waals surface area contributed by atoms with Crippen LogP contribution in [-0.2, 0) is 9.53 Å². The zero-order chi connectivity index (χ0) is 22.3. The fourth-order valence-corrected chi connectivity index (χ4v) is 3.29. The third-order valence-electron chi connectivity index (χ3n) is 4.78. The second-order valence-electron chi connectivity index (χ2n) is 6.60. The van der Waals surface area contributed by atoms with Gasteiger partial charge in [0.25, 0.3) is 17.5 Å². The van der Waals surface area contributed by atoms with E-state index in [9.17, 15) is 29.6 Å². The Balaban J connectivity index is 1.73. The molecule has 0 spiro atoms. The Morgan fingerprint density at radius 3 is 2.58 bits per heavy atom. The second-order valence-corrected chi connectivity index (χ2v) is 6.60. The van der Waals surface area contributed by atoms with Gasteiger partial charge in [0.05, 0.1) is 40.7 Å².